The SMILES string of the molecule is COc1ccc(SCCCNC(=S)Nc2cccc(OC(C)C)c2)cc1. The zero-order chi connectivity index (χ0) is 18.8. The average Bonchev–Trinajstić information content (AvgIpc) is 2.61. The molecule has 0 bridgehead atoms. The van der Waals surface area contributed by atoms with Crippen LogP contribution in [0.15, 0.2) is 53.4 Å². The molecule has 2 rings (SSSR count). The molecule has 0 amide bonds. The largest absolute Gasteiger partial charge is 0.497 e. The van der Waals surface area contributed by atoms with Crippen LogP contribution in [0.4, 0.5) is 5.69 Å². The van der Waals surface area contributed by atoms with Gasteiger partial charge in [0.1, 0.15) is 11.5 Å². The number of hydrogen-bond donors (Lipinski definition) is 2. The molecule has 0 radical (unpaired) electrons. The molecule has 2 aromatic carbocycles. The van der Waals surface area contributed by atoms with E-state index in [0.717, 1.165) is 35.9 Å². The number of nitrogens with one attached hydrogen (secondary N) is 2. The standard InChI is InChI=1S/C20H26N2O2S2/c1-15(2)24-18-7-4-6-16(14-18)22-20(25)21-12-5-13-26-19-10-8-17(23-3)9-11-19/h4,6-11,14-15H,5,12-13H2,1-3H3,(H2,21,22,25). The lowest BCUT2D eigenvalue weighted by Gasteiger charge is -2.13. The molecule has 0 aliphatic heterocycles. The van der Waals surface area contributed by atoms with Crippen molar-refractivity contribution in [2.45, 2.75) is 31.3 Å². The predicted octanol–water partition coefficient (Wildman–Crippen LogP) is 4.95. The van der Waals surface area contributed by atoms with Gasteiger partial charge in [0.2, 0.25) is 0 Å². The van der Waals surface area contributed by atoms with Gasteiger partial charge in [0.05, 0.1) is 13.2 Å². The number of anilines is 1. The van der Waals surface area contributed by atoms with Crippen molar-refractivity contribution in [3.05, 3.63) is 48.5 Å². The molecule has 0 aliphatic carbocycles. The average molecular weight is 391 g/mol. The third-order valence-corrected chi connectivity index (χ3v) is 4.74. The van der Waals surface area contributed by atoms with Crippen LogP contribution in [0.2, 0.25) is 0 Å². The second-order valence-electron chi connectivity index (χ2n) is 5.95. The Hall–Kier alpha value is -1.92. The molecule has 0 fully saturated rings. The first-order valence-electron chi connectivity index (χ1n) is 8.65. The molecular formula is C20H26N2O2S2. The fourth-order valence-corrected chi connectivity index (χ4v) is 3.30. The highest BCUT2D eigenvalue weighted by Crippen LogP contribution is 2.21. The van der Waals surface area contributed by atoms with Crippen LogP contribution in [-0.2, 0) is 0 Å². The number of methoxy groups -OCH3 is 1. The monoisotopic (exact) mass is 390 g/mol. The second-order valence-corrected chi connectivity index (χ2v) is 7.53. The van der Waals surface area contributed by atoms with Gasteiger partial charge in [-0.05, 0) is 74.6 Å². The number of thioether (sulfide) groups is 1. The van der Waals surface area contributed by atoms with Gasteiger partial charge < -0.3 is 20.1 Å². The smallest absolute Gasteiger partial charge is 0.170 e. The zero-order valence-corrected chi connectivity index (χ0v) is 17.1. The van der Waals surface area contributed by atoms with Crippen LogP contribution >= 0.6 is 24.0 Å². The fourth-order valence-electron chi connectivity index (χ4n) is 2.23. The molecule has 0 spiro atoms. The van der Waals surface area contributed by atoms with Crippen molar-refractivity contribution < 1.29 is 9.47 Å². The Morgan fingerprint density at radius 2 is 1.88 bits per heavy atom. The van der Waals surface area contributed by atoms with Gasteiger partial charge in [-0.2, -0.15) is 0 Å². The summed E-state index contributed by atoms with van der Waals surface area (Å²) in [6.07, 6.45) is 1.17. The lowest BCUT2D eigenvalue weighted by molar-refractivity contribution is 0.242. The van der Waals surface area contributed by atoms with Gasteiger partial charge in [0.15, 0.2) is 5.11 Å². The lowest BCUT2D eigenvalue weighted by atomic mass is 10.3. The predicted molar refractivity (Wildman–Crippen MR) is 115 cm³/mol. The van der Waals surface area contributed by atoms with Gasteiger partial charge in [-0.3, -0.25) is 0 Å². The van der Waals surface area contributed by atoms with Crippen molar-refractivity contribution in [1.82, 2.24) is 5.32 Å². The van der Waals surface area contributed by atoms with Gasteiger partial charge in [-0.25, -0.2) is 0 Å². The van der Waals surface area contributed by atoms with Crippen LogP contribution < -0.4 is 20.1 Å². The maximum absolute atomic E-state index is 5.69. The van der Waals surface area contributed by atoms with Crippen LogP contribution in [0.5, 0.6) is 11.5 Å². The van der Waals surface area contributed by atoms with E-state index in [2.05, 4.69) is 22.8 Å². The number of hydrogen-bond acceptors (Lipinski definition) is 4. The van der Waals surface area contributed by atoms with Crippen LogP contribution in [0.25, 0.3) is 0 Å². The molecule has 0 aliphatic rings. The van der Waals surface area contributed by atoms with Crippen molar-refractivity contribution in [3.63, 3.8) is 0 Å². The lowest BCUT2D eigenvalue weighted by Crippen LogP contribution is -2.29. The minimum atomic E-state index is 0.151. The minimum Gasteiger partial charge on any atom is -0.497 e. The quantitative estimate of drug-likeness (QED) is 0.359. The summed E-state index contributed by atoms with van der Waals surface area (Å²) in [7, 11) is 1.68. The van der Waals surface area contributed by atoms with Crippen LogP contribution in [-0.4, -0.2) is 30.6 Å². The van der Waals surface area contributed by atoms with Gasteiger partial charge in [-0.1, -0.05) is 6.07 Å². The first-order valence-corrected chi connectivity index (χ1v) is 10.0. The topological polar surface area (TPSA) is 42.5 Å². The summed E-state index contributed by atoms with van der Waals surface area (Å²) in [5.41, 5.74) is 0.924. The molecule has 4 nitrogen and oxygen atoms in total. The maximum atomic E-state index is 5.69. The molecule has 2 aromatic rings. The maximum Gasteiger partial charge on any atom is 0.170 e. The summed E-state index contributed by atoms with van der Waals surface area (Å²) in [4.78, 5) is 1.24. The molecule has 2 N–H and O–H groups in total. The highest BCUT2D eigenvalue weighted by Gasteiger charge is 2.02. The minimum absolute atomic E-state index is 0.151. The molecule has 140 valence electrons. The summed E-state index contributed by atoms with van der Waals surface area (Å²) < 4.78 is 10.9. The van der Waals surface area contributed by atoms with Crippen LogP contribution in [0, 0.1) is 0 Å². The van der Waals surface area contributed by atoms with Crippen molar-refractivity contribution in [2.75, 3.05) is 24.7 Å². The van der Waals surface area contributed by atoms with E-state index in [-0.39, 0.29) is 6.10 Å². The first-order chi connectivity index (χ1) is 12.6. The van der Waals surface area contributed by atoms with E-state index >= 15 is 0 Å². The molecule has 0 saturated carbocycles. The number of ether oxygens (including phenoxy) is 2. The first kappa shape index (κ1) is 20.4. The van der Waals surface area contributed by atoms with Gasteiger partial charge in [-0.15, -0.1) is 11.8 Å². The highest BCUT2D eigenvalue weighted by molar-refractivity contribution is 7.99. The summed E-state index contributed by atoms with van der Waals surface area (Å²) >= 11 is 7.18. The molecule has 0 unspecified atom stereocenters. The molecule has 26 heavy (non-hydrogen) atoms. The summed E-state index contributed by atoms with van der Waals surface area (Å²) in [5, 5.41) is 7.06. The summed E-state index contributed by atoms with van der Waals surface area (Å²) in [6, 6.07) is 15.9. The van der Waals surface area contributed by atoms with E-state index in [4.69, 9.17) is 21.7 Å². The Morgan fingerprint density at radius 1 is 1.12 bits per heavy atom. The summed E-state index contributed by atoms with van der Waals surface area (Å²) in [6.45, 7) is 4.85. The van der Waals surface area contributed by atoms with E-state index in [1.54, 1.807) is 7.11 Å². The van der Waals surface area contributed by atoms with Gasteiger partial charge in [0, 0.05) is 23.2 Å². The highest BCUT2D eigenvalue weighted by atomic mass is 32.2. The number of rotatable bonds is 9. The van der Waals surface area contributed by atoms with Crippen molar-refractivity contribution in [2.24, 2.45) is 0 Å². The third-order valence-electron chi connectivity index (χ3n) is 3.40. The molecule has 0 aromatic heterocycles. The van der Waals surface area contributed by atoms with Gasteiger partial charge >= 0.3 is 0 Å². The second kappa shape index (κ2) is 10.9. The number of benzene rings is 2. The number of thiocarbonyl (C=S) groups is 1. The molecule has 6 heteroatoms. The molecule has 0 heterocycles. The van der Waals surface area contributed by atoms with E-state index in [1.165, 1.54) is 4.90 Å². The van der Waals surface area contributed by atoms with Crippen LogP contribution in [0.1, 0.15) is 20.3 Å². The van der Waals surface area contributed by atoms with E-state index in [0.29, 0.717) is 5.11 Å². The molecular weight excluding hydrogens is 364 g/mol. The van der Waals surface area contributed by atoms with E-state index in [1.807, 2.05) is 62.0 Å². The van der Waals surface area contributed by atoms with Crippen molar-refractivity contribution in [1.29, 1.82) is 0 Å². The Kier molecular flexibility index (Phi) is 8.58. The Balaban J connectivity index is 1.65. The Labute approximate surface area is 165 Å². The van der Waals surface area contributed by atoms with Crippen molar-refractivity contribution >= 4 is 34.8 Å². The fraction of sp³-hybridized carbons (Fsp3) is 0.350. The third kappa shape index (κ3) is 7.54. The van der Waals surface area contributed by atoms with E-state index in [9.17, 15) is 0 Å². The van der Waals surface area contributed by atoms with E-state index < -0.39 is 0 Å². The molecule has 0 saturated heterocycles. The Bertz CT molecular complexity index is 690. The zero-order valence-electron chi connectivity index (χ0n) is 15.5. The summed E-state index contributed by atoms with van der Waals surface area (Å²) in [5.74, 6) is 2.75. The normalized spacial score (nSPS) is 10.5. The Morgan fingerprint density at radius 3 is 2.58 bits per heavy atom. The van der Waals surface area contributed by atoms with Crippen LogP contribution in [0.3, 0.4) is 0 Å². The van der Waals surface area contributed by atoms with Gasteiger partial charge in [0.25, 0.3) is 0 Å². The molecule has 0 atom stereocenters. The van der Waals surface area contributed by atoms with Crippen molar-refractivity contribution in [3.8, 4) is 11.5 Å².